The molecule has 0 aliphatic heterocycles. The third kappa shape index (κ3) is 4.21. The normalized spacial score (nSPS) is 11.7. The van der Waals surface area contributed by atoms with Crippen LogP contribution in [0.2, 0.25) is 0 Å². The van der Waals surface area contributed by atoms with Crippen molar-refractivity contribution in [2.24, 2.45) is 0 Å². The Hall–Kier alpha value is -1.82. The number of hydrogen-bond donors (Lipinski definition) is 0. The van der Waals surface area contributed by atoms with Crippen LogP contribution in [-0.2, 0) is 20.0 Å². The van der Waals surface area contributed by atoms with E-state index in [1.54, 1.807) is 0 Å². The van der Waals surface area contributed by atoms with Crippen molar-refractivity contribution in [3.63, 3.8) is 0 Å². The average Bonchev–Trinajstić information content (AvgIpc) is 2.91. The Morgan fingerprint density at radius 1 is 0.889 bits per heavy atom. The van der Waals surface area contributed by atoms with E-state index in [4.69, 9.17) is 0 Å². The Balaban J connectivity index is 0.000000180. The van der Waals surface area contributed by atoms with Crippen LogP contribution in [-0.4, -0.2) is 58.1 Å². The second kappa shape index (κ2) is 5.22. The topological polar surface area (TPSA) is 130 Å². The monoisotopic (exact) mass is 294 g/mol. The molecule has 0 saturated heterocycles. The third-order valence-electron chi connectivity index (χ3n) is 1.43. The van der Waals surface area contributed by atoms with Gasteiger partial charge in [-0.2, -0.15) is 0 Å². The van der Waals surface area contributed by atoms with E-state index in [0.717, 1.165) is 16.6 Å². The van der Waals surface area contributed by atoms with Crippen LogP contribution < -0.4 is 0 Å². The SMILES string of the molecule is CS(=O)(=O)n1ccnn1.CS(=O)(=O)n1nccn1. The maximum atomic E-state index is 10.6. The fourth-order valence-corrected chi connectivity index (χ4v) is 1.65. The standard InChI is InChI=1S/2C3H5N3O2S/c1-9(7,8)6-3-2-4-5-6;1-9(7,8)6-4-2-3-5-6/h2*2-3H,1H3. The van der Waals surface area contributed by atoms with Crippen LogP contribution in [0, 0.1) is 0 Å². The minimum Gasteiger partial charge on any atom is -0.205 e. The molecule has 0 bridgehead atoms. The molecule has 2 rings (SSSR count). The van der Waals surface area contributed by atoms with Crippen molar-refractivity contribution in [2.75, 3.05) is 12.5 Å². The van der Waals surface area contributed by atoms with E-state index in [9.17, 15) is 16.8 Å². The molecule has 2 heterocycles. The minimum absolute atomic E-state index is 0.660. The summed E-state index contributed by atoms with van der Waals surface area (Å²) in [6.07, 6.45) is 7.28. The van der Waals surface area contributed by atoms with Gasteiger partial charge in [0.25, 0.3) is 20.0 Å². The van der Waals surface area contributed by atoms with E-state index in [-0.39, 0.29) is 0 Å². The third-order valence-corrected chi connectivity index (χ3v) is 3.09. The van der Waals surface area contributed by atoms with E-state index < -0.39 is 20.0 Å². The Morgan fingerprint density at radius 2 is 1.44 bits per heavy atom. The lowest BCUT2D eigenvalue weighted by molar-refractivity contribution is 0.575. The predicted molar refractivity (Wildman–Crippen MR) is 60.5 cm³/mol. The molecule has 18 heavy (non-hydrogen) atoms. The van der Waals surface area contributed by atoms with Crippen molar-refractivity contribution in [3.05, 3.63) is 24.8 Å². The molecule has 2 aromatic rings. The van der Waals surface area contributed by atoms with Crippen molar-refractivity contribution >= 4 is 20.0 Å². The van der Waals surface area contributed by atoms with Gasteiger partial charge in [-0.3, -0.25) is 0 Å². The van der Waals surface area contributed by atoms with Crippen LogP contribution in [0.4, 0.5) is 0 Å². The van der Waals surface area contributed by atoms with Crippen molar-refractivity contribution in [1.29, 1.82) is 0 Å². The number of nitrogens with zero attached hydrogens (tertiary/aromatic N) is 6. The van der Waals surface area contributed by atoms with Crippen LogP contribution >= 0.6 is 0 Å². The van der Waals surface area contributed by atoms with Crippen molar-refractivity contribution in [3.8, 4) is 0 Å². The maximum absolute atomic E-state index is 10.6. The summed E-state index contributed by atoms with van der Waals surface area (Å²) in [5.74, 6) is 0. The van der Waals surface area contributed by atoms with Crippen molar-refractivity contribution < 1.29 is 16.8 Å². The molecule has 0 aromatic carbocycles. The van der Waals surface area contributed by atoms with Gasteiger partial charge in [0.15, 0.2) is 0 Å². The highest BCUT2D eigenvalue weighted by atomic mass is 32.2. The number of rotatable bonds is 2. The maximum Gasteiger partial charge on any atom is 0.267 e. The minimum atomic E-state index is -3.27. The zero-order valence-electron chi connectivity index (χ0n) is 9.44. The van der Waals surface area contributed by atoms with Gasteiger partial charge in [-0.25, -0.2) is 16.8 Å². The summed E-state index contributed by atoms with van der Waals surface area (Å²) < 4.78 is 43.6. The molecule has 0 aliphatic rings. The van der Waals surface area contributed by atoms with E-state index in [1.165, 1.54) is 24.8 Å². The summed E-state index contributed by atoms with van der Waals surface area (Å²) in [5.41, 5.74) is 0. The van der Waals surface area contributed by atoms with Crippen LogP contribution in [0.1, 0.15) is 0 Å². The molecule has 10 nitrogen and oxygen atoms in total. The summed E-state index contributed by atoms with van der Waals surface area (Å²) in [4.78, 5) is 0. The molecule has 100 valence electrons. The van der Waals surface area contributed by atoms with E-state index >= 15 is 0 Å². The second-order valence-electron chi connectivity index (χ2n) is 3.05. The lowest BCUT2D eigenvalue weighted by Crippen LogP contribution is -2.12. The lowest BCUT2D eigenvalue weighted by atomic mass is 11.0. The summed E-state index contributed by atoms with van der Waals surface area (Å²) in [5, 5.41) is 13.4. The van der Waals surface area contributed by atoms with Crippen LogP contribution in [0.5, 0.6) is 0 Å². The fourth-order valence-electron chi connectivity index (χ4n) is 0.749. The molecule has 0 amide bonds. The van der Waals surface area contributed by atoms with Crippen LogP contribution in [0.15, 0.2) is 24.8 Å². The molecule has 2 aromatic heterocycles. The molecule has 0 atom stereocenters. The fraction of sp³-hybridized carbons (Fsp3) is 0.333. The summed E-state index contributed by atoms with van der Waals surface area (Å²) in [7, 11) is -6.48. The molecule has 0 N–H and O–H groups in total. The lowest BCUT2D eigenvalue weighted by Gasteiger charge is -1.90. The Kier molecular flexibility index (Phi) is 4.13. The Morgan fingerprint density at radius 3 is 1.67 bits per heavy atom. The Bertz CT molecular complexity index is 610. The predicted octanol–water partition coefficient (Wildman–Crippen LogP) is -1.83. The summed E-state index contributed by atoms with van der Waals surface area (Å²) in [6.45, 7) is 0. The van der Waals surface area contributed by atoms with Gasteiger partial charge in [-0.05, 0) is 0 Å². The number of hydrogen-bond acceptors (Lipinski definition) is 8. The molecular weight excluding hydrogens is 284 g/mol. The van der Waals surface area contributed by atoms with Crippen LogP contribution in [0.25, 0.3) is 0 Å². The highest BCUT2D eigenvalue weighted by molar-refractivity contribution is 7.89. The first kappa shape index (κ1) is 14.2. The van der Waals surface area contributed by atoms with Gasteiger partial charge in [0.05, 0.1) is 37.3 Å². The molecule has 0 aliphatic carbocycles. The van der Waals surface area contributed by atoms with Crippen LogP contribution in [0.3, 0.4) is 0 Å². The van der Waals surface area contributed by atoms with Gasteiger partial charge >= 0.3 is 0 Å². The van der Waals surface area contributed by atoms with Gasteiger partial charge in [-0.15, -0.1) is 19.4 Å². The summed E-state index contributed by atoms with van der Waals surface area (Å²) in [6, 6.07) is 0. The molecule has 12 heteroatoms. The van der Waals surface area contributed by atoms with Gasteiger partial charge in [0.1, 0.15) is 0 Å². The quantitative estimate of drug-likeness (QED) is 0.632. The first-order valence-corrected chi connectivity index (χ1v) is 8.04. The van der Waals surface area contributed by atoms with Crippen molar-refractivity contribution in [1.82, 2.24) is 28.8 Å². The molecule has 0 unspecified atom stereocenters. The van der Waals surface area contributed by atoms with Gasteiger partial charge in [0.2, 0.25) is 0 Å². The molecule has 0 fully saturated rings. The zero-order chi connectivity index (χ0) is 13.8. The first-order chi connectivity index (χ1) is 8.21. The van der Waals surface area contributed by atoms with Gasteiger partial charge in [-0.1, -0.05) is 9.42 Å². The largest absolute Gasteiger partial charge is 0.267 e. The molecular formula is C6H10N6O4S2. The summed E-state index contributed by atoms with van der Waals surface area (Å²) >= 11 is 0. The van der Waals surface area contributed by atoms with Crippen molar-refractivity contribution in [2.45, 2.75) is 0 Å². The first-order valence-electron chi connectivity index (χ1n) is 4.35. The van der Waals surface area contributed by atoms with E-state index in [1.807, 2.05) is 0 Å². The Labute approximate surface area is 103 Å². The highest BCUT2D eigenvalue weighted by Gasteiger charge is 2.03. The highest BCUT2D eigenvalue weighted by Crippen LogP contribution is 1.85. The van der Waals surface area contributed by atoms with E-state index in [0.29, 0.717) is 4.20 Å². The smallest absolute Gasteiger partial charge is 0.205 e. The average molecular weight is 294 g/mol. The van der Waals surface area contributed by atoms with Gasteiger partial charge < -0.3 is 0 Å². The molecule has 0 spiro atoms. The van der Waals surface area contributed by atoms with Gasteiger partial charge in [0, 0.05) is 0 Å². The number of aromatic nitrogens is 6. The van der Waals surface area contributed by atoms with E-state index in [2.05, 4.69) is 20.5 Å². The second-order valence-corrected chi connectivity index (χ2v) is 6.69. The molecule has 0 saturated carbocycles. The zero-order valence-corrected chi connectivity index (χ0v) is 11.1. The molecule has 0 radical (unpaired) electrons.